The number of nitrogens with zero attached hydrogens (tertiary/aromatic N) is 3. The van der Waals surface area contributed by atoms with Crippen LogP contribution >= 0.6 is 0 Å². The number of piperidine rings is 1. The van der Waals surface area contributed by atoms with Gasteiger partial charge in [0.1, 0.15) is 0 Å². The summed E-state index contributed by atoms with van der Waals surface area (Å²) in [6, 6.07) is 2.18. The van der Waals surface area contributed by atoms with Gasteiger partial charge in [0, 0.05) is 11.1 Å². The van der Waals surface area contributed by atoms with Crippen molar-refractivity contribution in [3.63, 3.8) is 0 Å². The van der Waals surface area contributed by atoms with E-state index < -0.39 is 15.7 Å². The SMILES string of the molecule is CC(C)(C#N)ON1C(C)(C)CC(N=C([O-])CCCCCCCCCCCCCCCS(=O)(=O)O)CC1(C)C.[Na+]. The average molecular weight is 580 g/mol. The fourth-order valence-corrected chi connectivity index (χ4v) is 6.14. The molecule has 222 valence electrons. The Bertz CT molecular complexity index is 851. The van der Waals surface area contributed by atoms with Crippen molar-refractivity contribution < 1.29 is 52.5 Å². The topological polar surface area (TPSA) is 126 Å². The van der Waals surface area contributed by atoms with E-state index in [9.17, 15) is 18.8 Å². The van der Waals surface area contributed by atoms with E-state index >= 15 is 0 Å². The van der Waals surface area contributed by atoms with Crippen LogP contribution in [-0.4, -0.2) is 52.4 Å². The van der Waals surface area contributed by atoms with Crippen molar-refractivity contribution in [2.75, 3.05) is 5.75 Å². The smallest absolute Gasteiger partial charge is 0.862 e. The monoisotopic (exact) mass is 579 g/mol. The van der Waals surface area contributed by atoms with Gasteiger partial charge in [0.05, 0.1) is 17.9 Å². The minimum absolute atomic E-state index is 0. The first-order valence-electron chi connectivity index (χ1n) is 14.7. The quantitative estimate of drug-likeness (QED) is 0.0818. The molecule has 1 heterocycles. The number of rotatable bonds is 19. The molecule has 1 aliphatic rings. The minimum atomic E-state index is -3.80. The summed E-state index contributed by atoms with van der Waals surface area (Å²) in [6.07, 6.45) is 16.0. The number of hydroxylamine groups is 2. The summed E-state index contributed by atoms with van der Waals surface area (Å²) < 4.78 is 30.0. The van der Waals surface area contributed by atoms with Crippen LogP contribution in [0.4, 0.5) is 0 Å². The predicted octanol–water partition coefficient (Wildman–Crippen LogP) is 3.35. The second kappa shape index (κ2) is 18.4. The van der Waals surface area contributed by atoms with Crippen molar-refractivity contribution >= 4 is 16.0 Å². The fourth-order valence-electron chi connectivity index (χ4n) is 5.57. The van der Waals surface area contributed by atoms with Crippen LogP contribution in [0.1, 0.15) is 144 Å². The largest absolute Gasteiger partial charge is 1.00 e. The number of unbranched alkanes of at least 4 members (excludes halogenated alkanes) is 12. The van der Waals surface area contributed by atoms with E-state index in [0.29, 0.717) is 12.8 Å². The third-order valence-corrected chi connectivity index (χ3v) is 8.08. The first-order chi connectivity index (χ1) is 17.6. The molecule has 0 bridgehead atoms. The van der Waals surface area contributed by atoms with Crippen LogP contribution in [-0.2, 0) is 15.0 Å². The molecule has 0 saturated carbocycles. The molecule has 1 fully saturated rings. The Morgan fingerprint density at radius 1 is 0.923 bits per heavy atom. The summed E-state index contributed by atoms with van der Waals surface area (Å²) in [5.74, 6) is -0.114. The first kappa shape index (κ1) is 38.8. The number of hydrogen-bond donors (Lipinski definition) is 1. The third kappa shape index (κ3) is 17.4. The molecule has 8 nitrogen and oxygen atoms in total. The van der Waals surface area contributed by atoms with E-state index in [4.69, 9.17) is 9.39 Å². The van der Waals surface area contributed by atoms with Crippen molar-refractivity contribution in [1.82, 2.24) is 5.06 Å². The first-order valence-corrected chi connectivity index (χ1v) is 16.3. The maximum absolute atomic E-state index is 12.6. The third-order valence-electron chi connectivity index (χ3n) is 7.28. The molecular weight excluding hydrogens is 525 g/mol. The zero-order valence-corrected chi connectivity index (χ0v) is 28.7. The van der Waals surface area contributed by atoms with Gasteiger partial charge in [0.15, 0.2) is 5.60 Å². The van der Waals surface area contributed by atoms with Gasteiger partial charge in [-0.3, -0.25) is 9.39 Å². The summed E-state index contributed by atoms with van der Waals surface area (Å²) in [7, 11) is -3.80. The van der Waals surface area contributed by atoms with Crippen molar-refractivity contribution in [2.45, 2.75) is 167 Å². The molecule has 0 radical (unpaired) electrons. The Morgan fingerprint density at radius 3 is 1.69 bits per heavy atom. The maximum atomic E-state index is 12.6. The van der Waals surface area contributed by atoms with Crippen molar-refractivity contribution in [3.05, 3.63) is 0 Å². The molecule has 1 aliphatic heterocycles. The van der Waals surface area contributed by atoms with Crippen LogP contribution in [0.2, 0.25) is 0 Å². The van der Waals surface area contributed by atoms with Crippen LogP contribution in [0, 0.1) is 11.3 Å². The van der Waals surface area contributed by atoms with Gasteiger partial charge in [-0.1, -0.05) is 70.6 Å². The van der Waals surface area contributed by atoms with Gasteiger partial charge in [0.25, 0.3) is 10.1 Å². The molecule has 10 heteroatoms. The molecule has 0 unspecified atom stereocenters. The minimum Gasteiger partial charge on any atom is -0.862 e. The van der Waals surface area contributed by atoms with Crippen molar-refractivity contribution in [2.24, 2.45) is 4.99 Å². The Balaban J connectivity index is 0.0000144. The van der Waals surface area contributed by atoms with Crippen LogP contribution < -0.4 is 34.7 Å². The molecule has 0 aliphatic carbocycles. The standard InChI is InChI=1S/C29H55N3O5S.Na/c1-27(2)22-25(23-28(3,4)32(27)37-29(5,6)24-30)31-26(33)20-18-16-14-12-10-8-7-9-11-13-15-17-19-21-38(34,35)36;/h25H,7-23H2,1-6H3,(H,31,33)(H,34,35,36);/q;+1/p-1. The Kier molecular flexibility index (Phi) is 18.3. The van der Waals surface area contributed by atoms with Gasteiger partial charge >= 0.3 is 29.6 Å². The van der Waals surface area contributed by atoms with Crippen LogP contribution in [0.3, 0.4) is 0 Å². The van der Waals surface area contributed by atoms with Gasteiger partial charge in [-0.2, -0.15) is 18.7 Å². The van der Waals surface area contributed by atoms with Gasteiger partial charge < -0.3 is 10.1 Å². The van der Waals surface area contributed by atoms with E-state index in [0.717, 1.165) is 51.4 Å². The molecule has 0 spiro atoms. The summed E-state index contributed by atoms with van der Waals surface area (Å²) in [5, 5.41) is 23.9. The van der Waals surface area contributed by atoms with Crippen molar-refractivity contribution in [3.8, 4) is 6.07 Å². The molecule has 1 saturated heterocycles. The number of aliphatic imine (C=N–C) groups is 1. The molecule has 39 heavy (non-hydrogen) atoms. The van der Waals surface area contributed by atoms with Crippen LogP contribution in [0.15, 0.2) is 4.99 Å². The van der Waals surface area contributed by atoms with E-state index in [1.807, 2.05) is 5.06 Å². The van der Waals surface area contributed by atoms with Gasteiger partial charge in [-0.05, 0) is 79.5 Å². The number of nitriles is 1. The molecule has 1 N–H and O–H groups in total. The van der Waals surface area contributed by atoms with Crippen LogP contribution in [0.25, 0.3) is 0 Å². The summed E-state index contributed by atoms with van der Waals surface area (Å²) in [6.45, 7) is 11.9. The zero-order chi connectivity index (χ0) is 28.9. The summed E-state index contributed by atoms with van der Waals surface area (Å²) >= 11 is 0. The molecule has 0 amide bonds. The normalized spacial score (nSPS) is 18.5. The second-order valence-electron chi connectivity index (χ2n) is 12.8. The maximum Gasteiger partial charge on any atom is 1.00 e. The van der Waals surface area contributed by atoms with Crippen LogP contribution in [0.5, 0.6) is 0 Å². The Morgan fingerprint density at radius 2 is 1.31 bits per heavy atom. The van der Waals surface area contributed by atoms with Crippen molar-refractivity contribution in [1.29, 1.82) is 5.26 Å². The Hall–Kier alpha value is -0.210. The molecule has 0 aromatic carbocycles. The molecular formula is C29H54N3NaO5S. The fraction of sp³-hybridized carbons (Fsp3) is 0.931. The van der Waals surface area contributed by atoms with Gasteiger partial charge in [-0.15, -0.1) is 0 Å². The zero-order valence-electron chi connectivity index (χ0n) is 25.9. The van der Waals surface area contributed by atoms with Gasteiger partial charge in [-0.25, -0.2) is 0 Å². The molecule has 1 rings (SSSR count). The molecule has 0 atom stereocenters. The van der Waals surface area contributed by atoms with E-state index in [1.165, 1.54) is 38.5 Å². The summed E-state index contributed by atoms with van der Waals surface area (Å²) in [4.78, 5) is 10.7. The number of hydrogen-bond acceptors (Lipinski definition) is 7. The Labute approximate surface area is 261 Å². The predicted molar refractivity (Wildman–Crippen MR) is 152 cm³/mol. The van der Waals surface area contributed by atoms with E-state index in [2.05, 4.69) is 38.8 Å². The van der Waals surface area contributed by atoms with E-state index in [1.54, 1.807) is 13.8 Å². The summed E-state index contributed by atoms with van der Waals surface area (Å²) in [5.41, 5.74) is -1.59. The molecule has 0 aromatic rings. The van der Waals surface area contributed by atoms with Gasteiger partial charge in [0.2, 0.25) is 0 Å². The average Bonchev–Trinajstić information content (AvgIpc) is 2.77. The van der Waals surface area contributed by atoms with E-state index in [-0.39, 0.29) is 58.3 Å². The second-order valence-corrected chi connectivity index (χ2v) is 14.4. The molecule has 0 aromatic heterocycles.